The molecular weight excluding hydrogens is 244 g/mol. The second-order valence-electron chi connectivity index (χ2n) is 4.55. The molecule has 98 valence electrons. The van der Waals surface area contributed by atoms with Crippen molar-refractivity contribution >= 4 is 21.6 Å². The van der Waals surface area contributed by atoms with Crippen molar-refractivity contribution in [1.82, 2.24) is 10.3 Å². The summed E-state index contributed by atoms with van der Waals surface area (Å²) in [7, 11) is 0. The smallest absolute Gasteiger partial charge is 0.111 e. The molecule has 0 aliphatic carbocycles. The maximum Gasteiger partial charge on any atom is 0.111 e. The summed E-state index contributed by atoms with van der Waals surface area (Å²) in [6, 6.07) is 8.44. The SMILES string of the molecule is CCC(O)CCNC(C)c1nc2ccccc2s1. The third-order valence-corrected chi connectivity index (χ3v) is 4.30. The quantitative estimate of drug-likeness (QED) is 0.842. The number of aromatic nitrogens is 1. The number of aliphatic hydroxyl groups is 1. The number of aliphatic hydroxyl groups excluding tert-OH is 1. The molecule has 2 N–H and O–H groups in total. The van der Waals surface area contributed by atoms with E-state index >= 15 is 0 Å². The number of para-hydroxylation sites is 1. The third-order valence-electron chi connectivity index (χ3n) is 3.08. The second kappa shape index (κ2) is 6.27. The van der Waals surface area contributed by atoms with Gasteiger partial charge in [0.2, 0.25) is 0 Å². The Morgan fingerprint density at radius 2 is 2.17 bits per heavy atom. The number of hydrogen-bond donors (Lipinski definition) is 2. The van der Waals surface area contributed by atoms with Crippen LogP contribution in [0.3, 0.4) is 0 Å². The molecule has 18 heavy (non-hydrogen) atoms. The lowest BCUT2D eigenvalue weighted by molar-refractivity contribution is 0.159. The van der Waals surface area contributed by atoms with Gasteiger partial charge in [-0.05, 0) is 38.4 Å². The standard InChI is InChI=1S/C14H20N2OS/c1-3-11(17)8-9-15-10(2)14-16-12-6-4-5-7-13(12)18-14/h4-7,10-11,15,17H,3,8-9H2,1-2H3. The minimum absolute atomic E-state index is 0.194. The summed E-state index contributed by atoms with van der Waals surface area (Å²) in [4.78, 5) is 4.62. The largest absolute Gasteiger partial charge is 0.393 e. The van der Waals surface area contributed by atoms with Gasteiger partial charge in [0, 0.05) is 0 Å². The molecule has 0 spiro atoms. The summed E-state index contributed by atoms with van der Waals surface area (Å²) in [5.74, 6) is 0. The van der Waals surface area contributed by atoms with Crippen molar-refractivity contribution < 1.29 is 5.11 Å². The first-order valence-electron chi connectivity index (χ1n) is 6.47. The second-order valence-corrected chi connectivity index (χ2v) is 5.61. The number of rotatable bonds is 6. The van der Waals surface area contributed by atoms with Gasteiger partial charge in [-0.15, -0.1) is 11.3 Å². The van der Waals surface area contributed by atoms with Crippen molar-refractivity contribution in [2.24, 2.45) is 0 Å². The number of fused-ring (bicyclic) bond motifs is 1. The normalized spacial score (nSPS) is 14.8. The molecule has 2 aromatic rings. The van der Waals surface area contributed by atoms with Crippen molar-refractivity contribution in [1.29, 1.82) is 0 Å². The number of nitrogens with one attached hydrogen (secondary N) is 1. The topological polar surface area (TPSA) is 45.1 Å². The van der Waals surface area contributed by atoms with Gasteiger partial charge in [-0.25, -0.2) is 4.98 Å². The van der Waals surface area contributed by atoms with Gasteiger partial charge in [-0.2, -0.15) is 0 Å². The molecule has 1 aromatic carbocycles. The van der Waals surface area contributed by atoms with E-state index in [-0.39, 0.29) is 12.1 Å². The number of benzene rings is 1. The maximum atomic E-state index is 9.50. The van der Waals surface area contributed by atoms with E-state index in [1.165, 1.54) is 4.70 Å². The van der Waals surface area contributed by atoms with E-state index in [4.69, 9.17) is 0 Å². The molecule has 0 saturated heterocycles. The number of nitrogens with zero attached hydrogens (tertiary/aromatic N) is 1. The number of thiazole rings is 1. The van der Waals surface area contributed by atoms with Crippen LogP contribution in [0, 0.1) is 0 Å². The summed E-state index contributed by atoms with van der Waals surface area (Å²) in [5.41, 5.74) is 1.07. The molecule has 0 bridgehead atoms. The third kappa shape index (κ3) is 3.28. The Morgan fingerprint density at radius 3 is 2.89 bits per heavy atom. The van der Waals surface area contributed by atoms with Crippen molar-refractivity contribution in [3.63, 3.8) is 0 Å². The fourth-order valence-corrected chi connectivity index (χ4v) is 2.83. The highest BCUT2D eigenvalue weighted by Gasteiger charge is 2.11. The minimum atomic E-state index is -0.194. The monoisotopic (exact) mass is 264 g/mol. The molecule has 0 aliphatic rings. The first kappa shape index (κ1) is 13.5. The zero-order valence-corrected chi connectivity index (χ0v) is 11.7. The molecule has 2 rings (SSSR count). The lowest BCUT2D eigenvalue weighted by Gasteiger charge is -2.12. The van der Waals surface area contributed by atoms with Crippen molar-refractivity contribution in [3.05, 3.63) is 29.3 Å². The molecular formula is C14H20N2OS. The average Bonchev–Trinajstić information content (AvgIpc) is 2.82. The lowest BCUT2D eigenvalue weighted by Crippen LogP contribution is -2.23. The van der Waals surface area contributed by atoms with E-state index in [0.29, 0.717) is 0 Å². The van der Waals surface area contributed by atoms with Crippen molar-refractivity contribution in [2.45, 2.75) is 38.8 Å². The fraction of sp³-hybridized carbons (Fsp3) is 0.500. The minimum Gasteiger partial charge on any atom is -0.393 e. The zero-order valence-electron chi connectivity index (χ0n) is 10.9. The summed E-state index contributed by atoms with van der Waals surface area (Å²) < 4.78 is 1.23. The Hall–Kier alpha value is -0.970. The van der Waals surface area contributed by atoms with Crippen LogP contribution in [0.2, 0.25) is 0 Å². The van der Waals surface area contributed by atoms with Gasteiger partial charge in [0.25, 0.3) is 0 Å². The van der Waals surface area contributed by atoms with Gasteiger partial charge < -0.3 is 10.4 Å². The molecule has 0 radical (unpaired) electrons. The molecule has 2 unspecified atom stereocenters. The molecule has 1 aromatic heterocycles. The van der Waals surface area contributed by atoms with Gasteiger partial charge in [0.05, 0.1) is 22.4 Å². The predicted molar refractivity (Wildman–Crippen MR) is 77.0 cm³/mol. The van der Waals surface area contributed by atoms with Gasteiger partial charge in [0.1, 0.15) is 5.01 Å². The first-order chi connectivity index (χ1) is 8.70. The number of hydrogen-bond acceptors (Lipinski definition) is 4. The van der Waals surface area contributed by atoms with Crippen LogP contribution in [0.1, 0.15) is 37.7 Å². The van der Waals surface area contributed by atoms with E-state index in [2.05, 4.69) is 23.3 Å². The average molecular weight is 264 g/mol. The molecule has 1 heterocycles. The van der Waals surface area contributed by atoms with Gasteiger partial charge >= 0.3 is 0 Å². The van der Waals surface area contributed by atoms with Crippen LogP contribution >= 0.6 is 11.3 Å². The summed E-state index contributed by atoms with van der Waals surface area (Å²) in [5, 5.41) is 14.0. The van der Waals surface area contributed by atoms with E-state index < -0.39 is 0 Å². The van der Waals surface area contributed by atoms with Crippen molar-refractivity contribution in [3.8, 4) is 0 Å². The Labute approximate surface area is 112 Å². The Bertz CT molecular complexity index is 464. The first-order valence-corrected chi connectivity index (χ1v) is 7.29. The Balaban J connectivity index is 1.94. The molecule has 0 saturated carbocycles. The fourth-order valence-electron chi connectivity index (χ4n) is 1.83. The van der Waals surface area contributed by atoms with Crippen LogP contribution in [0.15, 0.2) is 24.3 Å². The van der Waals surface area contributed by atoms with Gasteiger partial charge in [-0.1, -0.05) is 19.1 Å². The Kier molecular flexibility index (Phi) is 4.69. The predicted octanol–water partition coefficient (Wildman–Crippen LogP) is 3.11. The van der Waals surface area contributed by atoms with Crippen LogP contribution in [0.25, 0.3) is 10.2 Å². The highest BCUT2D eigenvalue weighted by molar-refractivity contribution is 7.18. The van der Waals surface area contributed by atoms with E-state index in [9.17, 15) is 5.11 Å². The molecule has 4 heteroatoms. The van der Waals surface area contributed by atoms with E-state index in [1.807, 2.05) is 25.1 Å². The van der Waals surface area contributed by atoms with Gasteiger partial charge in [-0.3, -0.25) is 0 Å². The Morgan fingerprint density at radius 1 is 1.39 bits per heavy atom. The summed E-state index contributed by atoms with van der Waals surface area (Å²) in [6.45, 7) is 4.95. The van der Waals surface area contributed by atoms with Crippen LogP contribution < -0.4 is 5.32 Å². The summed E-state index contributed by atoms with van der Waals surface area (Å²) in [6.07, 6.45) is 1.42. The van der Waals surface area contributed by atoms with Crippen molar-refractivity contribution in [2.75, 3.05) is 6.54 Å². The maximum absolute atomic E-state index is 9.50. The van der Waals surface area contributed by atoms with Crippen LogP contribution in [0.5, 0.6) is 0 Å². The van der Waals surface area contributed by atoms with E-state index in [0.717, 1.165) is 29.9 Å². The molecule has 0 amide bonds. The molecule has 0 aliphatic heterocycles. The van der Waals surface area contributed by atoms with Crippen LogP contribution in [-0.4, -0.2) is 22.7 Å². The lowest BCUT2D eigenvalue weighted by atomic mass is 10.2. The molecule has 3 nitrogen and oxygen atoms in total. The summed E-state index contributed by atoms with van der Waals surface area (Å²) >= 11 is 1.73. The van der Waals surface area contributed by atoms with Gasteiger partial charge in [0.15, 0.2) is 0 Å². The molecule has 2 atom stereocenters. The van der Waals surface area contributed by atoms with Crippen LogP contribution in [-0.2, 0) is 0 Å². The highest BCUT2D eigenvalue weighted by atomic mass is 32.1. The molecule has 0 fully saturated rings. The highest BCUT2D eigenvalue weighted by Crippen LogP contribution is 2.25. The zero-order chi connectivity index (χ0) is 13.0. The van der Waals surface area contributed by atoms with E-state index in [1.54, 1.807) is 11.3 Å². The van der Waals surface area contributed by atoms with Crippen LogP contribution in [0.4, 0.5) is 0 Å².